The van der Waals surface area contributed by atoms with E-state index in [0.29, 0.717) is 13.0 Å². The van der Waals surface area contributed by atoms with Crippen LogP contribution in [0.5, 0.6) is 0 Å². The van der Waals surface area contributed by atoms with E-state index in [1.54, 1.807) is 11.3 Å². The van der Waals surface area contributed by atoms with Crippen LogP contribution in [0, 0.1) is 5.41 Å². The van der Waals surface area contributed by atoms with E-state index < -0.39 is 6.10 Å². The standard InChI is InChI=1S/C16H29NO2S/c1-8-19-14(16(5,6)7)11(18)9-13-17-12(10-20-13)15(2,3)4/h10-11,14,18H,8-9H2,1-7H3. The maximum atomic E-state index is 10.5. The Balaban J connectivity index is 2.78. The first kappa shape index (κ1) is 17.6. The normalized spacial score (nSPS) is 16.2. The van der Waals surface area contributed by atoms with Gasteiger partial charge in [0.25, 0.3) is 0 Å². The summed E-state index contributed by atoms with van der Waals surface area (Å²) in [4.78, 5) is 4.65. The van der Waals surface area contributed by atoms with Crippen LogP contribution in [0.3, 0.4) is 0 Å². The number of nitrogens with zero attached hydrogens (tertiary/aromatic N) is 1. The average molecular weight is 299 g/mol. The number of hydrogen-bond acceptors (Lipinski definition) is 4. The van der Waals surface area contributed by atoms with E-state index in [1.165, 1.54) is 0 Å². The van der Waals surface area contributed by atoms with E-state index in [4.69, 9.17) is 4.74 Å². The van der Waals surface area contributed by atoms with Gasteiger partial charge in [0.2, 0.25) is 0 Å². The SMILES string of the molecule is CCOC(C(O)Cc1nc(C(C)(C)C)cs1)C(C)(C)C. The molecule has 1 heterocycles. The van der Waals surface area contributed by atoms with Crippen LogP contribution in [0.4, 0.5) is 0 Å². The highest BCUT2D eigenvalue weighted by Crippen LogP contribution is 2.29. The number of aromatic nitrogens is 1. The molecule has 1 aromatic heterocycles. The molecule has 0 amide bonds. The first-order valence-corrected chi connectivity index (χ1v) is 8.18. The zero-order chi connectivity index (χ0) is 15.6. The van der Waals surface area contributed by atoms with Gasteiger partial charge in [-0.05, 0) is 12.3 Å². The van der Waals surface area contributed by atoms with E-state index >= 15 is 0 Å². The lowest BCUT2D eigenvalue weighted by Gasteiger charge is -2.33. The van der Waals surface area contributed by atoms with Crippen LogP contribution >= 0.6 is 11.3 Å². The number of ether oxygens (including phenoxy) is 1. The molecule has 1 N–H and O–H groups in total. The summed E-state index contributed by atoms with van der Waals surface area (Å²) >= 11 is 1.62. The predicted octanol–water partition coefficient (Wildman–Crippen LogP) is 3.80. The minimum Gasteiger partial charge on any atom is -0.390 e. The molecule has 0 aliphatic carbocycles. The number of rotatable bonds is 5. The second kappa shape index (κ2) is 6.54. The molecule has 2 unspecified atom stereocenters. The Hall–Kier alpha value is -0.450. The molecule has 1 aromatic rings. The zero-order valence-electron chi connectivity index (χ0n) is 13.9. The highest BCUT2D eigenvalue weighted by atomic mass is 32.1. The quantitative estimate of drug-likeness (QED) is 0.899. The molecule has 3 nitrogen and oxygen atoms in total. The Morgan fingerprint density at radius 1 is 1.25 bits per heavy atom. The lowest BCUT2D eigenvalue weighted by Crippen LogP contribution is -2.41. The van der Waals surface area contributed by atoms with Crippen molar-refractivity contribution in [3.8, 4) is 0 Å². The molecular formula is C16H29NO2S. The van der Waals surface area contributed by atoms with E-state index in [1.807, 2.05) is 6.92 Å². The number of aliphatic hydroxyl groups excluding tert-OH is 1. The van der Waals surface area contributed by atoms with Gasteiger partial charge in [-0.25, -0.2) is 4.98 Å². The number of aliphatic hydroxyl groups is 1. The van der Waals surface area contributed by atoms with Crippen molar-refractivity contribution in [3.63, 3.8) is 0 Å². The Morgan fingerprint density at radius 2 is 1.85 bits per heavy atom. The van der Waals surface area contributed by atoms with Crippen LogP contribution in [-0.4, -0.2) is 28.9 Å². The summed E-state index contributed by atoms with van der Waals surface area (Å²) in [5, 5.41) is 13.6. The molecule has 0 aromatic carbocycles. The molecule has 2 atom stereocenters. The molecular weight excluding hydrogens is 270 g/mol. The van der Waals surface area contributed by atoms with Crippen molar-refractivity contribution in [1.82, 2.24) is 4.98 Å². The third-order valence-electron chi connectivity index (χ3n) is 3.25. The zero-order valence-corrected chi connectivity index (χ0v) is 14.7. The summed E-state index contributed by atoms with van der Waals surface area (Å²) in [5.74, 6) is 0. The molecule has 116 valence electrons. The maximum Gasteiger partial charge on any atom is 0.0955 e. The fourth-order valence-corrected chi connectivity index (χ4v) is 3.22. The minimum absolute atomic E-state index is 0.0586. The van der Waals surface area contributed by atoms with Crippen molar-refractivity contribution in [1.29, 1.82) is 0 Å². The van der Waals surface area contributed by atoms with Gasteiger partial charge in [0.05, 0.1) is 22.9 Å². The van der Waals surface area contributed by atoms with Crippen molar-refractivity contribution in [2.75, 3.05) is 6.61 Å². The Labute approximate surface area is 127 Å². The van der Waals surface area contributed by atoms with Gasteiger partial charge in [0.15, 0.2) is 0 Å². The third kappa shape index (κ3) is 4.83. The topological polar surface area (TPSA) is 42.4 Å². The van der Waals surface area contributed by atoms with Crippen molar-refractivity contribution >= 4 is 11.3 Å². The lowest BCUT2D eigenvalue weighted by molar-refractivity contribution is -0.0873. The molecule has 4 heteroatoms. The molecule has 0 saturated carbocycles. The summed E-state index contributed by atoms with van der Waals surface area (Å²) in [6.07, 6.45) is -0.133. The van der Waals surface area contributed by atoms with Gasteiger partial charge in [-0.3, -0.25) is 0 Å². The summed E-state index contributed by atoms with van der Waals surface area (Å²) in [6.45, 7) is 15.3. The Bertz CT molecular complexity index is 415. The minimum atomic E-state index is -0.520. The smallest absolute Gasteiger partial charge is 0.0955 e. The molecule has 0 aliphatic heterocycles. The summed E-state index contributed by atoms with van der Waals surface area (Å²) < 4.78 is 5.74. The summed E-state index contributed by atoms with van der Waals surface area (Å²) in [7, 11) is 0. The predicted molar refractivity (Wildman–Crippen MR) is 85.4 cm³/mol. The Morgan fingerprint density at radius 3 is 2.25 bits per heavy atom. The highest BCUT2D eigenvalue weighted by Gasteiger charge is 2.32. The van der Waals surface area contributed by atoms with Gasteiger partial charge in [-0.1, -0.05) is 41.5 Å². The Kier molecular flexibility index (Phi) is 5.76. The average Bonchev–Trinajstić information content (AvgIpc) is 2.72. The summed E-state index contributed by atoms with van der Waals surface area (Å²) in [6, 6.07) is 0. The molecule has 0 saturated heterocycles. The van der Waals surface area contributed by atoms with Crippen molar-refractivity contribution in [2.24, 2.45) is 5.41 Å². The fraction of sp³-hybridized carbons (Fsp3) is 0.812. The van der Waals surface area contributed by atoms with E-state index in [-0.39, 0.29) is 16.9 Å². The number of hydrogen-bond donors (Lipinski definition) is 1. The van der Waals surface area contributed by atoms with Crippen LogP contribution in [0.25, 0.3) is 0 Å². The molecule has 0 bridgehead atoms. The largest absolute Gasteiger partial charge is 0.390 e. The first-order valence-electron chi connectivity index (χ1n) is 7.30. The van der Waals surface area contributed by atoms with Crippen molar-refractivity contribution < 1.29 is 9.84 Å². The second-order valence-electron chi connectivity index (χ2n) is 7.39. The van der Waals surface area contributed by atoms with E-state index in [2.05, 4.69) is 51.9 Å². The lowest BCUT2D eigenvalue weighted by atomic mass is 9.84. The monoisotopic (exact) mass is 299 g/mol. The van der Waals surface area contributed by atoms with E-state index in [0.717, 1.165) is 10.7 Å². The highest BCUT2D eigenvalue weighted by molar-refractivity contribution is 7.09. The second-order valence-corrected chi connectivity index (χ2v) is 8.33. The van der Waals surface area contributed by atoms with Gasteiger partial charge in [0.1, 0.15) is 0 Å². The van der Waals surface area contributed by atoms with Crippen LogP contribution in [0.1, 0.15) is 59.2 Å². The molecule has 20 heavy (non-hydrogen) atoms. The molecule has 0 fully saturated rings. The van der Waals surface area contributed by atoms with Gasteiger partial charge < -0.3 is 9.84 Å². The molecule has 0 radical (unpaired) electrons. The van der Waals surface area contributed by atoms with Gasteiger partial charge >= 0.3 is 0 Å². The molecule has 1 rings (SSSR count). The molecule has 0 spiro atoms. The third-order valence-corrected chi connectivity index (χ3v) is 4.12. The molecule has 0 aliphatic rings. The first-order chi connectivity index (χ1) is 9.05. The van der Waals surface area contributed by atoms with Crippen LogP contribution in [-0.2, 0) is 16.6 Å². The van der Waals surface area contributed by atoms with Gasteiger partial charge in [-0.2, -0.15) is 0 Å². The van der Waals surface area contributed by atoms with Crippen molar-refractivity contribution in [3.05, 3.63) is 16.1 Å². The fourth-order valence-electron chi connectivity index (χ4n) is 2.15. The van der Waals surface area contributed by atoms with Gasteiger partial charge in [-0.15, -0.1) is 11.3 Å². The van der Waals surface area contributed by atoms with Gasteiger partial charge in [0, 0.05) is 23.8 Å². The summed E-state index contributed by atoms with van der Waals surface area (Å²) in [5.41, 5.74) is 1.07. The number of thiazole rings is 1. The van der Waals surface area contributed by atoms with Crippen LogP contribution < -0.4 is 0 Å². The maximum absolute atomic E-state index is 10.5. The van der Waals surface area contributed by atoms with Crippen LogP contribution in [0.2, 0.25) is 0 Å². The van der Waals surface area contributed by atoms with Crippen molar-refractivity contribution in [2.45, 2.75) is 72.5 Å². The van der Waals surface area contributed by atoms with E-state index in [9.17, 15) is 5.11 Å². The van der Waals surface area contributed by atoms with Crippen LogP contribution in [0.15, 0.2) is 5.38 Å².